The fourth-order valence-corrected chi connectivity index (χ4v) is 4.46. The average Bonchev–Trinajstić information content (AvgIpc) is 3.05. The monoisotopic (exact) mass is 377 g/mol. The summed E-state index contributed by atoms with van der Waals surface area (Å²) in [7, 11) is 0. The molecule has 0 fully saturated rings. The number of anilines is 1. The highest BCUT2D eigenvalue weighted by molar-refractivity contribution is 6.56. The maximum absolute atomic E-state index is 12.8. The van der Waals surface area contributed by atoms with Crippen LogP contribution in [0.2, 0.25) is 0 Å². The largest absolute Gasteiger partial charge is 0.322 e. The summed E-state index contributed by atoms with van der Waals surface area (Å²) in [6, 6.07) is 5.97. The molecular weight excluding hydrogens is 357 g/mol. The van der Waals surface area contributed by atoms with Crippen LogP contribution in [0.1, 0.15) is 65.0 Å². The lowest BCUT2D eigenvalue weighted by molar-refractivity contribution is 0.102. The van der Waals surface area contributed by atoms with E-state index in [1.54, 1.807) is 0 Å². The smallest absolute Gasteiger partial charge is 0.259 e. The second-order valence-corrected chi connectivity index (χ2v) is 7.42. The van der Waals surface area contributed by atoms with Gasteiger partial charge in [0.05, 0.1) is 11.3 Å². The Hall–Kier alpha value is -1.78. The summed E-state index contributed by atoms with van der Waals surface area (Å²) < 4.78 is 0.328. The van der Waals surface area contributed by atoms with Crippen LogP contribution in [0.3, 0.4) is 0 Å². The number of amides is 1. The number of aromatic nitrogens is 2. The van der Waals surface area contributed by atoms with Crippen LogP contribution >= 0.6 is 23.2 Å². The molecule has 2 atom stereocenters. The SMILES string of the molecule is CCC1C(=C(Cl)Cl)C(C)c2cccc(NC(=O)c3c(C)n[nH]c3C)c21. The van der Waals surface area contributed by atoms with Crippen molar-refractivity contribution in [2.45, 2.75) is 46.0 Å². The summed E-state index contributed by atoms with van der Waals surface area (Å²) in [6.07, 6.45) is 0.867. The van der Waals surface area contributed by atoms with Gasteiger partial charge >= 0.3 is 0 Å². The molecule has 1 aliphatic carbocycles. The quantitative estimate of drug-likeness (QED) is 0.733. The number of fused-ring (bicyclic) bond motifs is 1. The fourth-order valence-electron chi connectivity index (χ4n) is 3.87. The van der Waals surface area contributed by atoms with Crippen molar-refractivity contribution in [2.24, 2.45) is 0 Å². The van der Waals surface area contributed by atoms with Gasteiger partial charge in [-0.15, -0.1) is 0 Å². The van der Waals surface area contributed by atoms with E-state index in [1.807, 2.05) is 26.0 Å². The molecule has 0 radical (unpaired) electrons. The summed E-state index contributed by atoms with van der Waals surface area (Å²) in [5.74, 6) is 0.0892. The van der Waals surface area contributed by atoms with Crippen LogP contribution in [0.25, 0.3) is 0 Å². The molecule has 0 aliphatic heterocycles. The van der Waals surface area contributed by atoms with Gasteiger partial charge in [0.1, 0.15) is 4.49 Å². The molecular formula is C19H21Cl2N3O. The lowest BCUT2D eigenvalue weighted by Gasteiger charge is -2.16. The number of carbonyl (C=O) groups is 1. The molecule has 4 nitrogen and oxygen atoms in total. The topological polar surface area (TPSA) is 57.8 Å². The molecule has 0 bridgehead atoms. The van der Waals surface area contributed by atoms with E-state index in [9.17, 15) is 4.79 Å². The first-order valence-electron chi connectivity index (χ1n) is 8.37. The third kappa shape index (κ3) is 2.98. The second-order valence-electron chi connectivity index (χ2n) is 6.47. The van der Waals surface area contributed by atoms with E-state index in [1.165, 1.54) is 5.56 Å². The number of allylic oxidation sites excluding steroid dienone is 1. The van der Waals surface area contributed by atoms with E-state index >= 15 is 0 Å². The van der Waals surface area contributed by atoms with Crippen molar-refractivity contribution in [1.29, 1.82) is 0 Å². The van der Waals surface area contributed by atoms with Crippen molar-refractivity contribution in [2.75, 3.05) is 5.32 Å². The molecule has 2 unspecified atom stereocenters. The van der Waals surface area contributed by atoms with Crippen molar-refractivity contribution in [3.8, 4) is 0 Å². The minimum absolute atomic E-state index is 0.109. The molecule has 0 saturated carbocycles. The van der Waals surface area contributed by atoms with Crippen LogP contribution < -0.4 is 5.32 Å². The molecule has 6 heteroatoms. The first kappa shape index (κ1) is 18.0. The zero-order valence-electron chi connectivity index (χ0n) is 14.7. The Labute approximate surface area is 157 Å². The summed E-state index contributed by atoms with van der Waals surface area (Å²) in [5, 5.41) is 10.0. The minimum atomic E-state index is -0.158. The maximum Gasteiger partial charge on any atom is 0.259 e. The van der Waals surface area contributed by atoms with Gasteiger partial charge in [-0.25, -0.2) is 0 Å². The number of hydrogen-bond acceptors (Lipinski definition) is 2. The Bertz CT molecular complexity index is 846. The zero-order valence-corrected chi connectivity index (χ0v) is 16.2. The van der Waals surface area contributed by atoms with Crippen LogP contribution in [-0.4, -0.2) is 16.1 Å². The van der Waals surface area contributed by atoms with Gasteiger partial charge in [0.2, 0.25) is 0 Å². The van der Waals surface area contributed by atoms with Gasteiger partial charge < -0.3 is 5.32 Å². The molecule has 25 heavy (non-hydrogen) atoms. The molecule has 1 aromatic carbocycles. The number of H-pyrrole nitrogens is 1. The standard InChI is InChI=1S/C19H21Cl2N3O/c1-5-12-15(18(20)21)9(2)13-7-6-8-14(17(12)13)22-19(25)16-10(3)23-24-11(16)4/h6-9,12H,5H2,1-4H3,(H,22,25)(H,23,24). The van der Waals surface area contributed by atoms with Crippen LogP contribution in [0.5, 0.6) is 0 Å². The molecule has 1 amide bonds. The lowest BCUT2D eigenvalue weighted by Crippen LogP contribution is -2.15. The highest BCUT2D eigenvalue weighted by Crippen LogP contribution is 2.52. The third-order valence-electron chi connectivity index (χ3n) is 5.03. The number of hydrogen-bond donors (Lipinski definition) is 2. The summed E-state index contributed by atoms with van der Waals surface area (Å²) in [4.78, 5) is 12.8. The van der Waals surface area contributed by atoms with Crippen LogP contribution in [0, 0.1) is 13.8 Å². The van der Waals surface area contributed by atoms with Crippen LogP contribution in [0.4, 0.5) is 5.69 Å². The third-order valence-corrected chi connectivity index (χ3v) is 5.46. The Morgan fingerprint density at radius 1 is 1.32 bits per heavy atom. The number of aromatic amines is 1. The Kier molecular flexibility index (Phi) is 4.94. The van der Waals surface area contributed by atoms with Gasteiger partial charge in [0.15, 0.2) is 0 Å². The Morgan fingerprint density at radius 2 is 2.04 bits per heavy atom. The van der Waals surface area contributed by atoms with Gasteiger partial charge in [-0.2, -0.15) is 5.10 Å². The van der Waals surface area contributed by atoms with Gasteiger partial charge in [-0.3, -0.25) is 9.89 Å². The summed E-state index contributed by atoms with van der Waals surface area (Å²) >= 11 is 12.3. The highest BCUT2D eigenvalue weighted by Gasteiger charge is 2.36. The molecule has 2 aromatic rings. The minimum Gasteiger partial charge on any atom is -0.322 e. The number of halogens is 2. The van der Waals surface area contributed by atoms with E-state index in [4.69, 9.17) is 23.2 Å². The van der Waals surface area contributed by atoms with Crippen LogP contribution in [-0.2, 0) is 0 Å². The maximum atomic E-state index is 12.8. The lowest BCUT2D eigenvalue weighted by atomic mass is 9.93. The van der Waals surface area contributed by atoms with Gasteiger partial charge in [-0.1, -0.05) is 49.2 Å². The number of nitrogens with zero attached hydrogens (tertiary/aromatic N) is 1. The van der Waals surface area contributed by atoms with Crippen molar-refractivity contribution in [1.82, 2.24) is 10.2 Å². The van der Waals surface area contributed by atoms with Gasteiger partial charge in [0.25, 0.3) is 5.91 Å². The number of rotatable bonds is 3. The molecule has 2 N–H and O–H groups in total. The first-order valence-corrected chi connectivity index (χ1v) is 9.13. The van der Waals surface area contributed by atoms with E-state index in [0.29, 0.717) is 15.7 Å². The number of nitrogens with one attached hydrogen (secondary N) is 2. The molecule has 0 spiro atoms. The molecule has 1 heterocycles. The van der Waals surface area contributed by atoms with Crippen molar-refractivity contribution < 1.29 is 4.79 Å². The molecule has 1 aliphatic rings. The number of carbonyl (C=O) groups excluding carboxylic acids is 1. The predicted octanol–water partition coefficient (Wildman–Crippen LogP) is 5.58. The van der Waals surface area contributed by atoms with Gasteiger partial charge in [0, 0.05) is 23.2 Å². The van der Waals surface area contributed by atoms with Crippen molar-refractivity contribution in [3.63, 3.8) is 0 Å². The first-order chi connectivity index (χ1) is 11.9. The van der Waals surface area contributed by atoms with E-state index < -0.39 is 0 Å². The Morgan fingerprint density at radius 3 is 2.60 bits per heavy atom. The van der Waals surface area contributed by atoms with Gasteiger partial charge in [-0.05, 0) is 43.0 Å². The molecule has 132 valence electrons. The Balaban J connectivity index is 2.05. The van der Waals surface area contributed by atoms with E-state index in [-0.39, 0.29) is 17.7 Å². The second kappa shape index (κ2) is 6.85. The van der Waals surface area contributed by atoms with Crippen LogP contribution in [0.15, 0.2) is 28.3 Å². The van der Waals surface area contributed by atoms with E-state index in [2.05, 4.69) is 35.4 Å². The van der Waals surface area contributed by atoms with Crippen molar-refractivity contribution in [3.05, 3.63) is 56.3 Å². The van der Waals surface area contributed by atoms with E-state index in [0.717, 1.165) is 28.9 Å². The fraction of sp³-hybridized carbons (Fsp3) is 0.368. The molecule has 3 rings (SSSR count). The zero-order chi connectivity index (χ0) is 18.3. The molecule has 0 saturated heterocycles. The predicted molar refractivity (Wildman–Crippen MR) is 103 cm³/mol. The summed E-state index contributed by atoms with van der Waals surface area (Å²) in [5.41, 5.74) is 6.14. The highest BCUT2D eigenvalue weighted by atomic mass is 35.5. The average molecular weight is 378 g/mol. The van der Waals surface area contributed by atoms with Crippen molar-refractivity contribution >= 4 is 34.8 Å². The number of benzene rings is 1. The number of aryl methyl sites for hydroxylation is 2. The summed E-state index contributed by atoms with van der Waals surface area (Å²) in [6.45, 7) is 7.87. The molecule has 1 aromatic heterocycles. The normalized spacial score (nSPS) is 19.0.